The van der Waals surface area contributed by atoms with Crippen LogP contribution in [0.2, 0.25) is 0 Å². The Hall–Kier alpha value is -1.97. The first-order valence-corrected chi connectivity index (χ1v) is 7.95. The Morgan fingerprint density at radius 1 is 1.18 bits per heavy atom. The van der Waals surface area contributed by atoms with Gasteiger partial charge in [0.1, 0.15) is 0 Å². The second-order valence-corrected chi connectivity index (χ2v) is 7.18. The Morgan fingerprint density at radius 2 is 1.91 bits per heavy atom. The molecular formula is C18H23N3O. The predicted molar refractivity (Wildman–Crippen MR) is 87.6 cm³/mol. The molecule has 3 rings (SSSR count). The molecule has 0 spiro atoms. The highest BCUT2D eigenvalue weighted by atomic mass is 16.2. The number of hydrogen-bond donors (Lipinski definition) is 0. The zero-order valence-electron chi connectivity index (χ0n) is 13.5. The van der Waals surface area contributed by atoms with Crippen LogP contribution in [0.1, 0.15) is 44.0 Å². The Kier molecular flexibility index (Phi) is 3.85. The Labute approximate surface area is 131 Å². The van der Waals surface area contributed by atoms with Gasteiger partial charge >= 0.3 is 0 Å². The van der Waals surface area contributed by atoms with Crippen molar-refractivity contribution < 1.29 is 4.79 Å². The number of amides is 1. The van der Waals surface area contributed by atoms with Gasteiger partial charge in [-0.05, 0) is 36.3 Å². The molecule has 1 aliphatic heterocycles. The van der Waals surface area contributed by atoms with Crippen molar-refractivity contribution in [3.63, 3.8) is 0 Å². The van der Waals surface area contributed by atoms with Crippen LogP contribution in [0.3, 0.4) is 0 Å². The van der Waals surface area contributed by atoms with E-state index in [9.17, 15) is 4.79 Å². The van der Waals surface area contributed by atoms with E-state index in [-0.39, 0.29) is 5.91 Å². The second-order valence-electron chi connectivity index (χ2n) is 7.18. The lowest BCUT2D eigenvalue weighted by atomic mass is 9.75. The highest BCUT2D eigenvalue weighted by Gasteiger charge is 2.31. The number of carbonyl (C=O) groups excluding carboxylic acids is 1. The van der Waals surface area contributed by atoms with E-state index in [1.54, 1.807) is 18.6 Å². The zero-order chi connectivity index (χ0) is 15.7. The molecule has 4 nitrogen and oxygen atoms in total. The van der Waals surface area contributed by atoms with Gasteiger partial charge in [-0.3, -0.25) is 14.8 Å². The number of piperidine rings is 1. The van der Waals surface area contributed by atoms with E-state index in [0.717, 1.165) is 36.8 Å². The highest BCUT2D eigenvalue weighted by Crippen LogP contribution is 2.34. The zero-order valence-corrected chi connectivity index (χ0v) is 13.5. The largest absolute Gasteiger partial charge is 0.339 e. The van der Waals surface area contributed by atoms with Gasteiger partial charge in [0.05, 0.1) is 11.1 Å². The summed E-state index contributed by atoms with van der Waals surface area (Å²) < 4.78 is 0. The van der Waals surface area contributed by atoms with E-state index in [1.807, 2.05) is 17.0 Å². The van der Waals surface area contributed by atoms with Crippen LogP contribution in [0.5, 0.6) is 0 Å². The van der Waals surface area contributed by atoms with Gasteiger partial charge in [0.15, 0.2) is 0 Å². The standard InChI is InChI=1S/C18H23N3O/c1-18(2,3)13-6-10-21(11-7-13)17(22)14-4-9-20-16-5-8-19-12-15(14)16/h4-5,8-9,12-13H,6-7,10-11H2,1-3H3. The van der Waals surface area contributed by atoms with Crippen LogP contribution in [0.4, 0.5) is 0 Å². The normalized spacial score (nSPS) is 17.0. The third-order valence-corrected chi connectivity index (χ3v) is 4.78. The summed E-state index contributed by atoms with van der Waals surface area (Å²) in [5, 5.41) is 0.841. The van der Waals surface area contributed by atoms with E-state index < -0.39 is 0 Å². The molecule has 2 aromatic rings. The van der Waals surface area contributed by atoms with Gasteiger partial charge in [-0.1, -0.05) is 20.8 Å². The summed E-state index contributed by atoms with van der Waals surface area (Å²) in [5.41, 5.74) is 1.86. The molecule has 0 aromatic carbocycles. The SMILES string of the molecule is CC(C)(C)C1CCN(C(=O)c2ccnc3ccncc23)CC1. The van der Waals surface area contributed by atoms with E-state index in [0.29, 0.717) is 16.9 Å². The fourth-order valence-corrected chi connectivity index (χ4v) is 3.29. The summed E-state index contributed by atoms with van der Waals surface area (Å²) in [7, 11) is 0. The lowest BCUT2D eigenvalue weighted by molar-refractivity contribution is 0.0610. The third kappa shape index (κ3) is 2.82. The second kappa shape index (κ2) is 5.67. The van der Waals surface area contributed by atoms with Crippen molar-refractivity contribution in [3.05, 3.63) is 36.3 Å². The van der Waals surface area contributed by atoms with Gasteiger partial charge < -0.3 is 4.90 Å². The molecule has 1 aliphatic rings. The number of nitrogens with zero attached hydrogens (tertiary/aromatic N) is 3. The highest BCUT2D eigenvalue weighted by molar-refractivity contribution is 6.05. The lowest BCUT2D eigenvalue weighted by Gasteiger charge is -2.38. The van der Waals surface area contributed by atoms with Crippen molar-refractivity contribution in [1.29, 1.82) is 0 Å². The van der Waals surface area contributed by atoms with Gasteiger partial charge in [-0.25, -0.2) is 0 Å². The first-order valence-electron chi connectivity index (χ1n) is 7.95. The average molecular weight is 297 g/mol. The van der Waals surface area contributed by atoms with Crippen LogP contribution in [-0.2, 0) is 0 Å². The summed E-state index contributed by atoms with van der Waals surface area (Å²) >= 11 is 0. The molecular weight excluding hydrogens is 274 g/mol. The van der Waals surface area contributed by atoms with Crippen LogP contribution in [0, 0.1) is 11.3 Å². The molecule has 0 aliphatic carbocycles. The number of fused-ring (bicyclic) bond motifs is 1. The number of carbonyl (C=O) groups is 1. The van der Waals surface area contributed by atoms with Crippen molar-refractivity contribution in [2.45, 2.75) is 33.6 Å². The van der Waals surface area contributed by atoms with Crippen LogP contribution in [0.25, 0.3) is 10.9 Å². The fraction of sp³-hybridized carbons (Fsp3) is 0.500. The van der Waals surface area contributed by atoms with Gasteiger partial charge in [0.25, 0.3) is 5.91 Å². The van der Waals surface area contributed by atoms with Crippen LogP contribution in [0.15, 0.2) is 30.7 Å². The van der Waals surface area contributed by atoms with E-state index in [2.05, 4.69) is 30.7 Å². The van der Waals surface area contributed by atoms with E-state index >= 15 is 0 Å². The maximum Gasteiger partial charge on any atom is 0.254 e. The Bertz CT molecular complexity index is 677. The molecule has 1 amide bonds. The van der Waals surface area contributed by atoms with E-state index in [4.69, 9.17) is 0 Å². The van der Waals surface area contributed by atoms with Gasteiger partial charge in [0.2, 0.25) is 0 Å². The van der Waals surface area contributed by atoms with Crippen molar-refractivity contribution in [2.75, 3.05) is 13.1 Å². The molecule has 0 atom stereocenters. The lowest BCUT2D eigenvalue weighted by Crippen LogP contribution is -2.41. The molecule has 0 radical (unpaired) electrons. The van der Waals surface area contributed by atoms with Crippen molar-refractivity contribution in [1.82, 2.24) is 14.9 Å². The molecule has 2 aromatic heterocycles. The quantitative estimate of drug-likeness (QED) is 0.809. The summed E-state index contributed by atoms with van der Waals surface area (Å²) in [4.78, 5) is 23.3. The minimum absolute atomic E-state index is 0.104. The number of hydrogen-bond acceptors (Lipinski definition) is 3. The fourth-order valence-electron chi connectivity index (χ4n) is 3.29. The van der Waals surface area contributed by atoms with Gasteiger partial charge in [-0.2, -0.15) is 0 Å². The molecule has 1 saturated heterocycles. The number of pyridine rings is 2. The summed E-state index contributed by atoms with van der Waals surface area (Å²) in [6.07, 6.45) is 7.31. The summed E-state index contributed by atoms with van der Waals surface area (Å²) in [6, 6.07) is 3.65. The van der Waals surface area contributed by atoms with E-state index in [1.165, 1.54) is 0 Å². The first-order chi connectivity index (χ1) is 10.5. The van der Waals surface area contributed by atoms with Crippen molar-refractivity contribution in [2.24, 2.45) is 11.3 Å². The van der Waals surface area contributed by atoms with Crippen LogP contribution >= 0.6 is 0 Å². The third-order valence-electron chi connectivity index (χ3n) is 4.78. The molecule has 3 heterocycles. The molecule has 22 heavy (non-hydrogen) atoms. The van der Waals surface area contributed by atoms with Crippen molar-refractivity contribution >= 4 is 16.8 Å². The molecule has 0 bridgehead atoms. The molecule has 1 fully saturated rings. The number of aromatic nitrogens is 2. The minimum atomic E-state index is 0.104. The average Bonchev–Trinajstić information content (AvgIpc) is 2.53. The molecule has 0 unspecified atom stereocenters. The number of rotatable bonds is 1. The Balaban J connectivity index is 1.80. The molecule has 4 heteroatoms. The maximum absolute atomic E-state index is 12.8. The smallest absolute Gasteiger partial charge is 0.254 e. The van der Waals surface area contributed by atoms with Gasteiger partial charge in [0, 0.05) is 37.1 Å². The van der Waals surface area contributed by atoms with Crippen LogP contribution in [-0.4, -0.2) is 33.9 Å². The minimum Gasteiger partial charge on any atom is -0.339 e. The maximum atomic E-state index is 12.8. The van der Waals surface area contributed by atoms with Gasteiger partial charge in [-0.15, -0.1) is 0 Å². The molecule has 0 N–H and O–H groups in total. The Morgan fingerprint density at radius 3 is 2.59 bits per heavy atom. The summed E-state index contributed by atoms with van der Waals surface area (Å²) in [6.45, 7) is 8.54. The first kappa shape index (κ1) is 14.9. The van der Waals surface area contributed by atoms with Crippen LogP contribution < -0.4 is 0 Å². The monoisotopic (exact) mass is 297 g/mol. The molecule has 0 saturated carbocycles. The topological polar surface area (TPSA) is 46.1 Å². The number of likely N-dealkylation sites (tertiary alicyclic amines) is 1. The molecule has 116 valence electrons. The summed E-state index contributed by atoms with van der Waals surface area (Å²) in [5.74, 6) is 0.792. The predicted octanol–water partition coefficient (Wildman–Crippen LogP) is 3.53. The van der Waals surface area contributed by atoms with Crippen molar-refractivity contribution in [3.8, 4) is 0 Å².